The van der Waals surface area contributed by atoms with Gasteiger partial charge in [-0.1, -0.05) is 18.2 Å². The van der Waals surface area contributed by atoms with E-state index in [2.05, 4.69) is 9.97 Å². The second-order valence-electron chi connectivity index (χ2n) is 7.38. The van der Waals surface area contributed by atoms with Crippen molar-refractivity contribution in [2.45, 2.75) is 23.6 Å². The maximum atomic E-state index is 13.0. The average molecular weight is 473 g/mol. The lowest BCUT2D eigenvalue weighted by Crippen LogP contribution is -2.26. The van der Waals surface area contributed by atoms with E-state index in [1.807, 2.05) is 29.3 Å². The van der Waals surface area contributed by atoms with Gasteiger partial charge in [0.25, 0.3) is 10.0 Å². The number of amides is 1. The molecule has 1 N–H and O–H groups in total. The standard InChI is InChI=1S/C21H20N4O3S3/c1-24(31(27,28)19-8-4-10-29-19)17-6-2-5-14-11-16(23-20(14)17)21-22-12-15(30-21)13-25-9-3-7-18(25)26/h2,4-6,8,10-12,23H,3,7,9,13H2,1H3. The first-order valence-electron chi connectivity index (χ1n) is 9.80. The summed E-state index contributed by atoms with van der Waals surface area (Å²) in [5.74, 6) is 0.195. The Kier molecular flexibility index (Phi) is 5.07. The molecule has 31 heavy (non-hydrogen) atoms. The molecule has 0 aliphatic carbocycles. The van der Waals surface area contributed by atoms with E-state index >= 15 is 0 Å². The van der Waals surface area contributed by atoms with Gasteiger partial charge in [0.1, 0.15) is 9.22 Å². The van der Waals surface area contributed by atoms with E-state index in [-0.39, 0.29) is 5.91 Å². The van der Waals surface area contributed by atoms with Crippen molar-refractivity contribution >= 4 is 55.2 Å². The van der Waals surface area contributed by atoms with Crippen molar-refractivity contribution in [3.05, 3.63) is 52.9 Å². The summed E-state index contributed by atoms with van der Waals surface area (Å²) in [6.07, 6.45) is 3.35. The van der Waals surface area contributed by atoms with Gasteiger partial charge in [-0.3, -0.25) is 9.10 Å². The molecule has 0 radical (unpaired) electrons. The molecule has 3 aromatic heterocycles. The van der Waals surface area contributed by atoms with Crippen LogP contribution in [0.4, 0.5) is 5.69 Å². The van der Waals surface area contributed by atoms with Crippen LogP contribution in [0.1, 0.15) is 17.7 Å². The van der Waals surface area contributed by atoms with Crippen molar-refractivity contribution in [1.29, 1.82) is 0 Å². The normalized spacial score (nSPS) is 14.6. The summed E-state index contributed by atoms with van der Waals surface area (Å²) in [5, 5.41) is 3.48. The van der Waals surface area contributed by atoms with Crippen LogP contribution >= 0.6 is 22.7 Å². The van der Waals surface area contributed by atoms with E-state index in [4.69, 9.17) is 0 Å². The molecule has 160 valence electrons. The summed E-state index contributed by atoms with van der Waals surface area (Å²) >= 11 is 2.74. The molecule has 1 aliphatic rings. The second-order valence-corrected chi connectivity index (χ2v) is 11.6. The SMILES string of the molecule is CN(c1cccc2cc(-c3ncc(CN4CCCC4=O)s3)[nH]c12)S(=O)(=O)c1cccs1. The van der Waals surface area contributed by atoms with Gasteiger partial charge in [0, 0.05) is 36.5 Å². The van der Waals surface area contributed by atoms with E-state index in [0.29, 0.717) is 22.9 Å². The molecule has 0 spiro atoms. The van der Waals surface area contributed by atoms with Crippen molar-refractivity contribution < 1.29 is 13.2 Å². The monoisotopic (exact) mass is 472 g/mol. The van der Waals surface area contributed by atoms with Gasteiger partial charge in [0.2, 0.25) is 5.91 Å². The third-order valence-electron chi connectivity index (χ3n) is 5.39. The zero-order chi connectivity index (χ0) is 21.6. The molecule has 1 aliphatic heterocycles. The maximum Gasteiger partial charge on any atom is 0.273 e. The lowest BCUT2D eigenvalue weighted by atomic mass is 10.2. The van der Waals surface area contributed by atoms with Crippen LogP contribution in [0.5, 0.6) is 0 Å². The van der Waals surface area contributed by atoms with Crippen LogP contribution < -0.4 is 4.31 Å². The van der Waals surface area contributed by atoms with E-state index in [0.717, 1.165) is 39.4 Å². The summed E-state index contributed by atoms with van der Waals surface area (Å²) in [7, 11) is -2.06. The number of anilines is 1. The van der Waals surface area contributed by atoms with Gasteiger partial charge in [-0.2, -0.15) is 0 Å². The van der Waals surface area contributed by atoms with Crippen molar-refractivity contribution in [2.24, 2.45) is 0 Å². The summed E-state index contributed by atoms with van der Waals surface area (Å²) in [6.45, 7) is 1.39. The van der Waals surface area contributed by atoms with E-state index in [9.17, 15) is 13.2 Å². The first-order valence-corrected chi connectivity index (χ1v) is 12.9. The fourth-order valence-corrected chi connectivity index (χ4v) is 7.02. The number of rotatable bonds is 6. The summed E-state index contributed by atoms with van der Waals surface area (Å²) in [6, 6.07) is 10.9. The van der Waals surface area contributed by atoms with E-state index in [1.165, 1.54) is 15.6 Å². The number of thiophene rings is 1. The van der Waals surface area contributed by atoms with Gasteiger partial charge in [0.05, 0.1) is 23.4 Å². The number of likely N-dealkylation sites (tertiary alicyclic amines) is 1. The fraction of sp³-hybridized carbons (Fsp3) is 0.238. The average Bonchev–Trinajstić information content (AvgIpc) is 3.54. The highest BCUT2D eigenvalue weighted by atomic mass is 32.2. The van der Waals surface area contributed by atoms with Crippen molar-refractivity contribution in [3.63, 3.8) is 0 Å². The number of H-pyrrole nitrogens is 1. The zero-order valence-electron chi connectivity index (χ0n) is 16.7. The predicted octanol–water partition coefficient (Wildman–Crippen LogP) is 4.30. The fourth-order valence-electron chi connectivity index (χ4n) is 3.76. The van der Waals surface area contributed by atoms with Gasteiger partial charge >= 0.3 is 0 Å². The molecule has 4 aromatic rings. The minimum Gasteiger partial charge on any atom is -0.351 e. The molecule has 0 saturated carbocycles. The molecule has 1 aromatic carbocycles. The summed E-state index contributed by atoms with van der Waals surface area (Å²) < 4.78 is 27.6. The molecular weight excluding hydrogens is 452 g/mol. The van der Waals surface area contributed by atoms with Crippen LogP contribution in [0.2, 0.25) is 0 Å². The Labute approximate surface area is 188 Å². The third kappa shape index (κ3) is 3.64. The number of sulfonamides is 1. The molecule has 1 amide bonds. The highest BCUT2D eigenvalue weighted by molar-refractivity contribution is 7.94. The molecule has 1 saturated heterocycles. The van der Waals surface area contributed by atoms with Crippen LogP contribution in [-0.2, 0) is 21.4 Å². The van der Waals surface area contributed by atoms with Crippen LogP contribution in [-0.4, -0.2) is 42.8 Å². The van der Waals surface area contributed by atoms with E-state index in [1.54, 1.807) is 42.0 Å². The van der Waals surface area contributed by atoms with Crippen LogP contribution in [0.25, 0.3) is 21.6 Å². The number of hydrogen-bond donors (Lipinski definition) is 1. The zero-order valence-corrected chi connectivity index (χ0v) is 19.2. The highest BCUT2D eigenvalue weighted by Crippen LogP contribution is 2.35. The molecule has 10 heteroatoms. The number of aromatic amines is 1. The number of para-hydroxylation sites is 1. The minimum atomic E-state index is -3.63. The number of nitrogens with one attached hydrogen (secondary N) is 1. The molecule has 7 nitrogen and oxygen atoms in total. The highest BCUT2D eigenvalue weighted by Gasteiger charge is 2.25. The number of thiazole rings is 1. The van der Waals surface area contributed by atoms with Crippen molar-refractivity contribution in [1.82, 2.24) is 14.9 Å². The number of carbonyl (C=O) groups excluding carboxylic acids is 1. The molecule has 1 fully saturated rings. The Bertz CT molecular complexity index is 1360. The first-order chi connectivity index (χ1) is 14.9. The molecule has 4 heterocycles. The topological polar surface area (TPSA) is 86.4 Å². The second kappa shape index (κ2) is 7.77. The number of benzene rings is 1. The number of aromatic nitrogens is 2. The van der Waals surface area contributed by atoms with Gasteiger partial charge < -0.3 is 9.88 Å². The van der Waals surface area contributed by atoms with Crippen LogP contribution in [0.15, 0.2) is 52.2 Å². The van der Waals surface area contributed by atoms with Crippen molar-refractivity contribution in [2.75, 3.05) is 17.9 Å². The maximum absolute atomic E-state index is 13.0. The lowest BCUT2D eigenvalue weighted by molar-refractivity contribution is -0.128. The number of hydrogen-bond acceptors (Lipinski definition) is 6. The Hall–Kier alpha value is -2.69. The third-order valence-corrected chi connectivity index (χ3v) is 9.55. The molecule has 5 rings (SSSR count). The quantitative estimate of drug-likeness (QED) is 0.453. The Morgan fingerprint density at radius 2 is 2.13 bits per heavy atom. The summed E-state index contributed by atoms with van der Waals surface area (Å²) in [5.41, 5.74) is 2.15. The van der Waals surface area contributed by atoms with Gasteiger partial charge in [-0.05, 0) is 30.0 Å². The predicted molar refractivity (Wildman–Crippen MR) is 124 cm³/mol. The molecular formula is C21H20N4O3S3. The number of nitrogens with zero attached hydrogens (tertiary/aromatic N) is 3. The Morgan fingerprint density at radius 1 is 1.26 bits per heavy atom. The van der Waals surface area contributed by atoms with Crippen LogP contribution in [0, 0.1) is 0 Å². The molecule has 0 bridgehead atoms. The molecule has 0 unspecified atom stereocenters. The number of carbonyl (C=O) groups is 1. The smallest absolute Gasteiger partial charge is 0.273 e. The Morgan fingerprint density at radius 3 is 2.87 bits per heavy atom. The van der Waals surface area contributed by atoms with E-state index < -0.39 is 10.0 Å². The summed E-state index contributed by atoms with van der Waals surface area (Å²) in [4.78, 5) is 22.7. The van der Waals surface area contributed by atoms with Gasteiger partial charge in [0.15, 0.2) is 0 Å². The Balaban J connectivity index is 1.47. The first kappa shape index (κ1) is 20.2. The largest absolute Gasteiger partial charge is 0.351 e. The minimum absolute atomic E-state index is 0.195. The van der Waals surface area contributed by atoms with Gasteiger partial charge in [-0.15, -0.1) is 22.7 Å². The lowest BCUT2D eigenvalue weighted by Gasteiger charge is -2.19. The van der Waals surface area contributed by atoms with Crippen LogP contribution in [0.3, 0.4) is 0 Å². The van der Waals surface area contributed by atoms with Crippen molar-refractivity contribution in [3.8, 4) is 10.7 Å². The molecule has 0 atom stereocenters. The number of fused-ring (bicyclic) bond motifs is 1. The van der Waals surface area contributed by atoms with Gasteiger partial charge in [-0.25, -0.2) is 13.4 Å².